The van der Waals surface area contributed by atoms with E-state index in [1.54, 1.807) is 0 Å². The molecule has 9 nitrogen and oxygen atoms in total. The highest BCUT2D eigenvalue weighted by Gasteiger charge is 2.18. The zero-order chi connectivity index (χ0) is 21.6. The summed E-state index contributed by atoms with van der Waals surface area (Å²) >= 11 is 0. The summed E-state index contributed by atoms with van der Waals surface area (Å²) in [6.07, 6.45) is 0. The Morgan fingerprint density at radius 3 is 1.66 bits per heavy atom. The van der Waals surface area contributed by atoms with Gasteiger partial charge in [0.25, 0.3) is 0 Å². The highest BCUT2D eigenvalue weighted by molar-refractivity contribution is 7.91. The summed E-state index contributed by atoms with van der Waals surface area (Å²) in [5, 5.41) is 0. The number of sulfonamides is 1. The Balaban J connectivity index is 2.27. The molecule has 10 heteroatoms. The Bertz CT molecular complexity index is 994. The number of carbonyl (C=O) groups excluding carboxylic acids is 3. The molecule has 154 valence electrons. The molecule has 0 heterocycles. The van der Waals surface area contributed by atoms with Crippen LogP contribution in [0.3, 0.4) is 0 Å². The van der Waals surface area contributed by atoms with E-state index < -0.39 is 33.7 Å². The number of methoxy groups -OCH3 is 3. The van der Waals surface area contributed by atoms with Crippen LogP contribution in [0.2, 0.25) is 0 Å². The number of anilines is 1. The van der Waals surface area contributed by atoms with E-state index in [9.17, 15) is 22.8 Å². The van der Waals surface area contributed by atoms with Gasteiger partial charge in [0.2, 0.25) is 10.0 Å². The smallest absolute Gasteiger partial charge is 0.337 e. The molecule has 29 heavy (non-hydrogen) atoms. The predicted molar refractivity (Wildman–Crippen MR) is 103 cm³/mol. The molecule has 0 aliphatic rings. The molecule has 0 aromatic heterocycles. The molecule has 0 unspecified atom stereocenters. The number of nitrogens with one attached hydrogen (secondary N) is 1. The summed E-state index contributed by atoms with van der Waals surface area (Å²) in [5.74, 6) is -2.42. The van der Waals surface area contributed by atoms with Crippen LogP contribution in [-0.2, 0) is 30.0 Å². The average molecular weight is 421 g/mol. The fourth-order valence-electron chi connectivity index (χ4n) is 2.45. The first-order valence-corrected chi connectivity index (χ1v) is 9.83. The molecule has 0 saturated carbocycles. The topological polar surface area (TPSA) is 125 Å². The predicted octanol–water partition coefficient (Wildman–Crippen LogP) is 1.99. The van der Waals surface area contributed by atoms with Crippen molar-refractivity contribution in [1.29, 1.82) is 0 Å². The van der Waals surface area contributed by atoms with Crippen LogP contribution in [0.4, 0.5) is 5.69 Å². The number of hydrogen-bond acceptors (Lipinski definition) is 8. The van der Waals surface area contributed by atoms with Gasteiger partial charge >= 0.3 is 17.9 Å². The number of carbonyl (C=O) groups is 3. The number of rotatable bonds is 7. The molecule has 2 rings (SSSR count). The lowest BCUT2D eigenvalue weighted by Gasteiger charge is -2.11. The minimum Gasteiger partial charge on any atom is -0.465 e. The molecule has 0 aliphatic carbocycles. The molecule has 0 spiro atoms. The first-order chi connectivity index (χ1) is 13.7. The van der Waals surface area contributed by atoms with Crippen molar-refractivity contribution >= 4 is 33.6 Å². The van der Waals surface area contributed by atoms with E-state index in [2.05, 4.69) is 18.9 Å². The van der Waals surface area contributed by atoms with E-state index in [0.29, 0.717) is 5.56 Å². The molecule has 0 saturated heterocycles. The van der Waals surface area contributed by atoms with Crippen LogP contribution >= 0.6 is 0 Å². The van der Waals surface area contributed by atoms with Crippen LogP contribution in [0.15, 0.2) is 42.5 Å². The highest BCUT2D eigenvalue weighted by Crippen LogP contribution is 2.20. The molecule has 0 atom stereocenters. The Morgan fingerprint density at radius 2 is 1.21 bits per heavy atom. The monoisotopic (exact) mass is 421 g/mol. The van der Waals surface area contributed by atoms with Gasteiger partial charge in [0.05, 0.1) is 49.5 Å². The van der Waals surface area contributed by atoms with Crippen molar-refractivity contribution in [3.63, 3.8) is 0 Å². The molecule has 2 aromatic rings. The molecule has 0 radical (unpaired) electrons. The quantitative estimate of drug-likeness (QED) is 0.531. The van der Waals surface area contributed by atoms with E-state index >= 15 is 0 Å². The lowest BCUT2D eigenvalue weighted by molar-refractivity contribution is 0.0587. The molecule has 0 fully saturated rings. The fourth-order valence-corrected chi connectivity index (χ4v) is 3.63. The summed E-state index contributed by atoms with van der Waals surface area (Å²) in [4.78, 5) is 35.1. The molecule has 0 amide bonds. The first-order valence-electron chi connectivity index (χ1n) is 8.18. The second-order valence-electron chi connectivity index (χ2n) is 5.83. The normalized spacial score (nSPS) is 10.7. The third-order valence-electron chi connectivity index (χ3n) is 3.78. The molecule has 0 aliphatic heterocycles. The maximum atomic E-state index is 12.5. The van der Waals surface area contributed by atoms with Gasteiger partial charge in [-0.2, -0.15) is 0 Å². The highest BCUT2D eigenvalue weighted by atomic mass is 32.2. The lowest BCUT2D eigenvalue weighted by atomic mass is 10.1. The van der Waals surface area contributed by atoms with Crippen molar-refractivity contribution in [2.75, 3.05) is 26.1 Å². The third kappa shape index (κ3) is 5.79. The fraction of sp³-hybridized carbons (Fsp3) is 0.211. The number of ether oxygens (including phenoxy) is 3. The maximum absolute atomic E-state index is 12.5. The minimum atomic E-state index is -3.90. The average Bonchev–Trinajstić information content (AvgIpc) is 2.71. The Kier molecular flexibility index (Phi) is 6.94. The van der Waals surface area contributed by atoms with Crippen LogP contribution in [0.5, 0.6) is 0 Å². The van der Waals surface area contributed by atoms with Crippen LogP contribution in [0.25, 0.3) is 0 Å². The van der Waals surface area contributed by atoms with E-state index in [1.165, 1.54) is 49.6 Å². The third-order valence-corrected chi connectivity index (χ3v) is 5.04. The summed E-state index contributed by atoms with van der Waals surface area (Å²) in [5.41, 5.74) is 0.670. The van der Waals surface area contributed by atoms with Crippen LogP contribution in [-0.4, -0.2) is 47.7 Å². The van der Waals surface area contributed by atoms with Crippen molar-refractivity contribution in [3.8, 4) is 0 Å². The van der Waals surface area contributed by atoms with E-state index in [0.717, 1.165) is 14.2 Å². The van der Waals surface area contributed by atoms with E-state index in [1.807, 2.05) is 0 Å². The lowest BCUT2D eigenvalue weighted by Crippen LogP contribution is -2.16. The molecular weight excluding hydrogens is 402 g/mol. The van der Waals surface area contributed by atoms with Crippen LogP contribution in [0, 0.1) is 0 Å². The molecule has 0 bridgehead atoms. The number of benzene rings is 2. The van der Waals surface area contributed by atoms with Gasteiger partial charge < -0.3 is 14.2 Å². The van der Waals surface area contributed by atoms with Gasteiger partial charge in [-0.25, -0.2) is 22.8 Å². The Labute approximate surface area is 167 Å². The zero-order valence-corrected chi connectivity index (χ0v) is 16.7. The van der Waals surface area contributed by atoms with Gasteiger partial charge in [-0.1, -0.05) is 12.1 Å². The number of esters is 3. The van der Waals surface area contributed by atoms with Crippen LogP contribution in [0.1, 0.15) is 36.6 Å². The molecular formula is C19H19NO8S. The summed E-state index contributed by atoms with van der Waals surface area (Å²) < 4.78 is 41.2. The van der Waals surface area contributed by atoms with Gasteiger partial charge in [0.15, 0.2) is 0 Å². The second kappa shape index (κ2) is 9.20. The van der Waals surface area contributed by atoms with E-state index in [4.69, 9.17) is 0 Å². The van der Waals surface area contributed by atoms with Crippen molar-refractivity contribution in [2.24, 2.45) is 0 Å². The van der Waals surface area contributed by atoms with Crippen molar-refractivity contribution in [1.82, 2.24) is 0 Å². The summed E-state index contributed by atoms with van der Waals surface area (Å²) in [6.45, 7) is 0. The van der Waals surface area contributed by atoms with Gasteiger partial charge in [-0.3, -0.25) is 4.72 Å². The summed E-state index contributed by atoms with van der Waals surface area (Å²) in [7, 11) is -0.326. The maximum Gasteiger partial charge on any atom is 0.337 e. The Hall–Kier alpha value is -3.40. The minimum absolute atomic E-state index is 0.000481. The van der Waals surface area contributed by atoms with Crippen molar-refractivity contribution in [3.05, 3.63) is 64.7 Å². The molecule has 1 N–H and O–H groups in total. The van der Waals surface area contributed by atoms with Crippen molar-refractivity contribution < 1.29 is 37.0 Å². The SMILES string of the molecule is COC(=O)c1ccc(CS(=O)(=O)Nc2cc(C(=O)OC)cc(C(=O)OC)c2)cc1. The second-order valence-corrected chi connectivity index (χ2v) is 7.55. The number of hydrogen-bond donors (Lipinski definition) is 1. The molecule has 2 aromatic carbocycles. The van der Waals surface area contributed by atoms with Crippen molar-refractivity contribution in [2.45, 2.75) is 5.75 Å². The largest absolute Gasteiger partial charge is 0.465 e. The van der Waals surface area contributed by atoms with E-state index in [-0.39, 0.29) is 22.4 Å². The van der Waals surface area contributed by atoms with Crippen LogP contribution < -0.4 is 4.72 Å². The zero-order valence-electron chi connectivity index (χ0n) is 15.9. The van der Waals surface area contributed by atoms with Gasteiger partial charge in [0, 0.05) is 0 Å². The summed E-state index contributed by atoms with van der Waals surface area (Å²) in [6, 6.07) is 9.59. The van der Waals surface area contributed by atoms with Gasteiger partial charge in [0.1, 0.15) is 0 Å². The Morgan fingerprint density at radius 1 is 0.759 bits per heavy atom. The standard InChI is InChI=1S/C19H19NO8S/c1-26-17(21)13-6-4-12(5-7-13)11-29(24,25)20-16-9-14(18(22)27-2)8-15(10-16)19(23)28-3/h4-10,20H,11H2,1-3H3. The van der Waals surface area contributed by atoms with Gasteiger partial charge in [-0.05, 0) is 35.9 Å². The first kappa shape index (κ1) is 21.9. The van der Waals surface area contributed by atoms with Gasteiger partial charge in [-0.15, -0.1) is 0 Å².